The Morgan fingerprint density at radius 3 is 1.90 bits per heavy atom. The van der Waals surface area contributed by atoms with E-state index in [0.29, 0.717) is 10.0 Å². The van der Waals surface area contributed by atoms with Crippen molar-refractivity contribution < 1.29 is 0 Å². The summed E-state index contributed by atoms with van der Waals surface area (Å²) in [4.78, 5) is 0. The molecule has 0 radical (unpaired) electrons. The molecule has 2 aromatic rings. The molecule has 0 aromatic heterocycles. The van der Waals surface area contributed by atoms with Gasteiger partial charge in [0.05, 0.1) is 15.7 Å². The Hall–Kier alpha value is -0.700. The third kappa shape index (κ3) is 3.74. The van der Waals surface area contributed by atoms with Gasteiger partial charge in [-0.05, 0) is 56.5 Å². The zero-order chi connectivity index (χ0) is 15.7. The largest absolute Gasteiger partial charge is 0.376 e. The second-order valence-corrected chi connectivity index (χ2v) is 7.15. The molecule has 0 aliphatic heterocycles. The molecule has 2 rings (SSSR count). The Labute approximate surface area is 144 Å². The summed E-state index contributed by atoms with van der Waals surface area (Å²) < 4.78 is 0.874. The lowest BCUT2D eigenvalue weighted by Crippen LogP contribution is -2.11. The van der Waals surface area contributed by atoms with E-state index >= 15 is 0 Å². The van der Waals surface area contributed by atoms with Crippen LogP contribution in [0.2, 0.25) is 10.0 Å². The van der Waals surface area contributed by atoms with Gasteiger partial charge in [0.15, 0.2) is 0 Å². The number of hydrogen-bond acceptors (Lipinski definition) is 1. The quantitative estimate of drug-likeness (QED) is 0.607. The van der Waals surface area contributed by atoms with Crippen molar-refractivity contribution in [3.8, 4) is 0 Å². The van der Waals surface area contributed by atoms with Crippen LogP contribution in [0.25, 0.3) is 0 Å². The van der Waals surface area contributed by atoms with Gasteiger partial charge in [0, 0.05) is 10.5 Å². The second-order valence-electron chi connectivity index (χ2n) is 5.42. The molecule has 0 heterocycles. The Bertz CT molecular complexity index is 636. The fourth-order valence-corrected chi connectivity index (χ4v) is 4.16. The van der Waals surface area contributed by atoms with Gasteiger partial charge in [-0.15, -0.1) is 0 Å². The molecule has 21 heavy (non-hydrogen) atoms. The molecule has 1 unspecified atom stereocenters. The van der Waals surface area contributed by atoms with Crippen molar-refractivity contribution >= 4 is 44.8 Å². The van der Waals surface area contributed by atoms with Crippen LogP contribution in [0.3, 0.4) is 0 Å². The first-order chi connectivity index (χ1) is 9.79. The molecule has 112 valence electrons. The zero-order valence-corrected chi connectivity index (χ0v) is 15.6. The third-order valence-corrected chi connectivity index (χ3v) is 4.59. The summed E-state index contributed by atoms with van der Waals surface area (Å²) in [6.45, 7) is 8.51. The van der Waals surface area contributed by atoms with Crippen molar-refractivity contribution in [1.82, 2.24) is 0 Å². The van der Waals surface area contributed by atoms with Crippen LogP contribution in [-0.4, -0.2) is 0 Å². The highest BCUT2D eigenvalue weighted by Crippen LogP contribution is 2.37. The highest BCUT2D eigenvalue weighted by molar-refractivity contribution is 9.10. The average molecular weight is 387 g/mol. The summed E-state index contributed by atoms with van der Waals surface area (Å²) >= 11 is 16.0. The smallest absolute Gasteiger partial charge is 0.0724 e. The number of aryl methyl sites for hydroxylation is 3. The van der Waals surface area contributed by atoms with Crippen molar-refractivity contribution in [3.05, 3.63) is 61.0 Å². The monoisotopic (exact) mass is 385 g/mol. The first-order valence-corrected chi connectivity index (χ1v) is 8.33. The van der Waals surface area contributed by atoms with Crippen molar-refractivity contribution in [3.63, 3.8) is 0 Å². The van der Waals surface area contributed by atoms with Gasteiger partial charge in [-0.25, -0.2) is 0 Å². The SMILES string of the molecule is Cc1cc(C)c(C(C)Nc2c(Cl)cc(Br)cc2Cl)c(C)c1. The summed E-state index contributed by atoms with van der Waals surface area (Å²) in [6, 6.07) is 8.22. The number of benzene rings is 2. The minimum absolute atomic E-state index is 0.127. The van der Waals surface area contributed by atoms with E-state index in [2.05, 4.69) is 61.1 Å². The second kappa shape index (κ2) is 6.60. The molecular formula is C17H18BrCl2N. The Morgan fingerprint density at radius 2 is 1.43 bits per heavy atom. The third-order valence-electron chi connectivity index (χ3n) is 3.54. The normalized spacial score (nSPS) is 12.3. The van der Waals surface area contributed by atoms with Gasteiger partial charge in [0.1, 0.15) is 0 Å². The number of halogens is 3. The molecule has 1 nitrogen and oxygen atoms in total. The molecule has 4 heteroatoms. The van der Waals surface area contributed by atoms with E-state index in [0.717, 1.165) is 10.2 Å². The van der Waals surface area contributed by atoms with Crippen molar-refractivity contribution in [2.45, 2.75) is 33.7 Å². The number of anilines is 1. The van der Waals surface area contributed by atoms with E-state index < -0.39 is 0 Å². The highest BCUT2D eigenvalue weighted by Gasteiger charge is 2.15. The molecular weight excluding hydrogens is 369 g/mol. The molecule has 0 amide bonds. The number of nitrogens with one attached hydrogen (secondary N) is 1. The van der Waals surface area contributed by atoms with E-state index in [1.54, 1.807) is 0 Å². The Morgan fingerprint density at radius 1 is 0.952 bits per heavy atom. The Kier molecular flexibility index (Phi) is 5.24. The van der Waals surface area contributed by atoms with Crippen LogP contribution in [0.15, 0.2) is 28.7 Å². The Balaban J connectivity index is 2.37. The first kappa shape index (κ1) is 16.7. The van der Waals surface area contributed by atoms with Gasteiger partial charge in [0.25, 0.3) is 0 Å². The molecule has 1 N–H and O–H groups in total. The molecule has 2 aromatic carbocycles. The van der Waals surface area contributed by atoms with Gasteiger partial charge in [0.2, 0.25) is 0 Å². The fraction of sp³-hybridized carbons (Fsp3) is 0.294. The van der Waals surface area contributed by atoms with Crippen LogP contribution in [0.4, 0.5) is 5.69 Å². The lowest BCUT2D eigenvalue weighted by Gasteiger charge is -2.22. The van der Waals surface area contributed by atoms with Gasteiger partial charge in [-0.2, -0.15) is 0 Å². The predicted molar refractivity (Wildman–Crippen MR) is 96.9 cm³/mol. The minimum Gasteiger partial charge on any atom is -0.376 e. The fourth-order valence-electron chi connectivity index (χ4n) is 2.84. The van der Waals surface area contributed by atoms with Crippen LogP contribution in [0.1, 0.15) is 35.2 Å². The molecule has 0 aliphatic carbocycles. The van der Waals surface area contributed by atoms with Crippen molar-refractivity contribution in [1.29, 1.82) is 0 Å². The number of rotatable bonds is 3. The molecule has 0 saturated carbocycles. The van der Waals surface area contributed by atoms with Gasteiger partial charge >= 0.3 is 0 Å². The maximum Gasteiger partial charge on any atom is 0.0724 e. The van der Waals surface area contributed by atoms with Crippen molar-refractivity contribution in [2.75, 3.05) is 5.32 Å². The average Bonchev–Trinajstić information content (AvgIpc) is 2.32. The molecule has 0 aliphatic rings. The van der Waals surface area contributed by atoms with E-state index in [-0.39, 0.29) is 6.04 Å². The summed E-state index contributed by atoms with van der Waals surface area (Å²) in [5.41, 5.74) is 5.89. The highest BCUT2D eigenvalue weighted by atomic mass is 79.9. The summed E-state index contributed by atoms with van der Waals surface area (Å²) in [7, 11) is 0. The van der Waals surface area contributed by atoms with E-state index in [4.69, 9.17) is 23.2 Å². The van der Waals surface area contributed by atoms with Crippen LogP contribution in [0, 0.1) is 20.8 Å². The van der Waals surface area contributed by atoms with Crippen LogP contribution < -0.4 is 5.32 Å². The topological polar surface area (TPSA) is 12.0 Å². The number of hydrogen-bond donors (Lipinski definition) is 1. The van der Waals surface area contributed by atoms with Crippen LogP contribution in [0.5, 0.6) is 0 Å². The van der Waals surface area contributed by atoms with E-state index in [1.165, 1.54) is 22.3 Å². The zero-order valence-electron chi connectivity index (χ0n) is 12.5. The first-order valence-electron chi connectivity index (χ1n) is 6.78. The standard InChI is InChI=1S/C17H18BrCl2N/c1-9-5-10(2)16(11(3)6-9)12(4)21-17-14(19)7-13(18)8-15(17)20/h5-8,12,21H,1-4H3. The van der Waals surface area contributed by atoms with Crippen molar-refractivity contribution in [2.24, 2.45) is 0 Å². The lowest BCUT2D eigenvalue weighted by atomic mass is 9.95. The molecule has 1 atom stereocenters. The van der Waals surface area contributed by atoms with Crippen LogP contribution >= 0.6 is 39.1 Å². The molecule has 0 fully saturated rings. The predicted octanol–water partition coefficient (Wildman–Crippen LogP) is 6.85. The van der Waals surface area contributed by atoms with E-state index in [1.807, 2.05) is 12.1 Å². The molecule has 0 bridgehead atoms. The van der Waals surface area contributed by atoms with Crippen LogP contribution in [-0.2, 0) is 0 Å². The van der Waals surface area contributed by atoms with E-state index in [9.17, 15) is 0 Å². The summed E-state index contributed by atoms with van der Waals surface area (Å²) in [5.74, 6) is 0. The molecule has 0 saturated heterocycles. The minimum atomic E-state index is 0.127. The maximum absolute atomic E-state index is 6.29. The maximum atomic E-state index is 6.29. The molecule has 0 spiro atoms. The summed E-state index contributed by atoms with van der Waals surface area (Å²) in [5, 5.41) is 4.67. The van der Waals surface area contributed by atoms with Gasteiger partial charge in [-0.3, -0.25) is 0 Å². The van der Waals surface area contributed by atoms with Gasteiger partial charge < -0.3 is 5.32 Å². The lowest BCUT2D eigenvalue weighted by molar-refractivity contribution is 0.862. The summed E-state index contributed by atoms with van der Waals surface area (Å²) in [6.07, 6.45) is 0. The van der Waals surface area contributed by atoms with Gasteiger partial charge in [-0.1, -0.05) is 56.8 Å².